The van der Waals surface area contributed by atoms with Gasteiger partial charge in [0.05, 0.1) is 31.4 Å². The fraction of sp³-hybridized carbons (Fsp3) is 0.263. The molecule has 2 heterocycles. The van der Waals surface area contributed by atoms with E-state index in [9.17, 15) is 14.7 Å². The lowest BCUT2D eigenvalue weighted by atomic mass is 10.00. The second-order valence-electron chi connectivity index (χ2n) is 5.71. The lowest BCUT2D eigenvalue weighted by molar-refractivity contribution is -0.140. The van der Waals surface area contributed by atoms with Gasteiger partial charge in [0.1, 0.15) is 5.76 Å². The van der Waals surface area contributed by atoms with Crippen molar-refractivity contribution >= 4 is 28.8 Å². The fourth-order valence-corrected chi connectivity index (χ4v) is 3.78. The molecule has 1 amide bonds. The van der Waals surface area contributed by atoms with E-state index < -0.39 is 17.7 Å². The molecule has 1 aliphatic heterocycles. The van der Waals surface area contributed by atoms with Crippen LogP contribution < -0.4 is 0 Å². The van der Waals surface area contributed by atoms with E-state index in [-0.39, 0.29) is 37.7 Å². The number of aliphatic hydroxyl groups excluding tert-OH is 2. The molecule has 1 atom stereocenters. The number of ether oxygens (including phenoxy) is 1. The number of carbonyl (C=O) groups excluding carboxylic acids is 2. The van der Waals surface area contributed by atoms with Crippen molar-refractivity contribution < 1.29 is 24.5 Å². The van der Waals surface area contributed by atoms with Gasteiger partial charge in [0.15, 0.2) is 0 Å². The first-order valence-corrected chi connectivity index (χ1v) is 9.09. The predicted octanol–water partition coefficient (Wildman–Crippen LogP) is 2.18. The van der Waals surface area contributed by atoms with Crippen LogP contribution in [0.15, 0.2) is 53.4 Å². The zero-order chi connectivity index (χ0) is 18.5. The van der Waals surface area contributed by atoms with E-state index in [4.69, 9.17) is 9.84 Å². The van der Waals surface area contributed by atoms with Gasteiger partial charge in [0.25, 0.3) is 11.7 Å². The third-order valence-electron chi connectivity index (χ3n) is 4.11. The average molecular weight is 373 g/mol. The molecule has 0 spiro atoms. The summed E-state index contributed by atoms with van der Waals surface area (Å²) >= 11 is 1.42. The number of nitrogens with zero attached hydrogens (tertiary/aromatic N) is 1. The van der Waals surface area contributed by atoms with Gasteiger partial charge in [0, 0.05) is 17.0 Å². The molecule has 1 aliphatic rings. The summed E-state index contributed by atoms with van der Waals surface area (Å²) in [4.78, 5) is 27.4. The molecule has 6 nitrogen and oxygen atoms in total. The Balaban J connectivity index is 2.00. The third-order valence-corrected chi connectivity index (χ3v) is 5.04. The van der Waals surface area contributed by atoms with Crippen molar-refractivity contribution in [2.24, 2.45) is 0 Å². The minimum Gasteiger partial charge on any atom is -0.507 e. The Kier molecular flexibility index (Phi) is 5.82. The highest BCUT2D eigenvalue weighted by molar-refractivity contribution is 7.10. The Hall–Kier alpha value is -2.48. The molecule has 1 aromatic carbocycles. The maximum Gasteiger partial charge on any atom is 0.295 e. The zero-order valence-electron chi connectivity index (χ0n) is 14.0. The van der Waals surface area contributed by atoms with Gasteiger partial charge in [-0.2, -0.15) is 0 Å². The van der Waals surface area contributed by atoms with E-state index in [2.05, 4.69) is 0 Å². The molecule has 1 saturated heterocycles. The van der Waals surface area contributed by atoms with E-state index in [1.54, 1.807) is 24.3 Å². The molecule has 136 valence electrons. The summed E-state index contributed by atoms with van der Waals surface area (Å²) in [6, 6.07) is 11.7. The van der Waals surface area contributed by atoms with Crippen LogP contribution >= 0.6 is 11.3 Å². The second-order valence-corrected chi connectivity index (χ2v) is 6.69. The summed E-state index contributed by atoms with van der Waals surface area (Å²) in [6.45, 7) is 0.443. The van der Waals surface area contributed by atoms with E-state index in [1.807, 2.05) is 23.6 Å². The van der Waals surface area contributed by atoms with Crippen LogP contribution in [-0.2, 0) is 14.3 Å². The van der Waals surface area contributed by atoms with Crippen LogP contribution in [0.2, 0.25) is 0 Å². The Morgan fingerprint density at radius 1 is 1.12 bits per heavy atom. The van der Waals surface area contributed by atoms with E-state index >= 15 is 0 Å². The van der Waals surface area contributed by atoms with Gasteiger partial charge in [-0.15, -0.1) is 11.3 Å². The first kappa shape index (κ1) is 18.3. The summed E-state index contributed by atoms with van der Waals surface area (Å²) < 4.78 is 5.24. The van der Waals surface area contributed by atoms with E-state index in [0.717, 1.165) is 4.88 Å². The molecule has 0 bridgehead atoms. The van der Waals surface area contributed by atoms with Gasteiger partial charge in [-0.1, -0.05) is 36.4 Å². The number of hydrogen-bond donors (Lipinski definition) is 2. The number of Topliss-reactive ketones (excluding diaryl/α,β-unsaturated/α-hetero) is 1. The third kappa shape index (κ3) is 3.55. The maximum absolute atomic E-state index is 12.6. The van der Waals surface area contributed by atoms with Crippen molar-refractivity contribution in [1.29, 1.82) is 0 Å². The molecule has 0 aliphatic carbocycles. The van der Waals surface area contributed by atoms with Gasteiger partial charge in [0.2, 0.25) is 0 Å². The van der Waals surface area contributed by atoms with Crippen molar-refractivity contribution in [3.8, 4) is 0 Å². The highest BCUT2D eigenvalue weighted by Crippen LogP contribution is 2.40. The van der Waals surface area contributed by atoms with Gasteiger partial charge in [-0.25, -0.2) is 0 Å². The molecular formula is C19H19NO5S. The van der Waals surface area contributed by atoms with Crippen molar-refractivity contribution in [3.05, 3.63) is 63.9 Å². The smallest absolute Gasteiger partial charge is 0.295 e. The Morgan fingerprint density at radius 3 is 2.54 bits per heavy atom. The predicted molar refractivity (Wildman–Crippen MR) is 97.7 cm³/mol. The van der Waals surface area contributed by atoms with Crippen LogP contribution in [-0.4, -0.2) is 53.2 Å². The molecule has 0 saturated carbocycles. The van der Waals surface area contributed by atoms with Crippen LogP contribution in [0, 0.1) is 0 Å². The number of hydrogen-bond acceptors (Lipinski definition) is 6. The Bertz CT molecular complexity index is 801. The standard InChI is InChI=1S/C19H19NO5S/c21-9-11-25-10-8-20-16(14-7-4-12-26-14)15(18(23)19(20)24)17(22)13-5-2-1-3-6-13/h1-7,12,16,21-22H,8-11H2/t16-/m1/s1. The quantitative estimate of drug-likeness (QED) is 0.336. The molecule has 7 heteroatoms. The molecule has 0 unspecified atom stereocenters. The lowest BCUT2D eigenvalue weighted by Crippen LogP contribution is -2.32. The largest absolute Gasteiger partial charge is 0.507 e. The Morgan fingerprint density at radius 2 is 1.88 bits per heavy atom. The normalized spacial score (nSPS) is 19.3. The topological polar surface area (TPSA) is 87.1 Å². The molecule has 0 radical (unpaired) electrons. The van der Waals surface area contributed by atoms with Crippen molar-refractivity contribution in [2.75, 3.05) is 26.4 Å². The van der Waals surface area contributed by atoms with Crippen molar-refractivity contribution in [3.63, 3.8) is 0 Å². The van der Waals surface area contributed by atoms with Crippen LogP contribution in [0.5, 0.6) is 0 Å². The Labute approximate surface area is 155 Å². The highest BCUT2D eigenvalue weighted by Gasteiger charge is 2.46. The van der Waals surface area contributed by atoms with Crippen LogP contribution in [0.3, 0.4) is 0 Å². The van der Waals surface area contributed by atoms with Crippen LogP contribution in [0.1, 0.15) is 16.5 Å². The van der Waals surface area contributed by atoms with Crippen LogP contribution in [0.4, 0.5) is 0 Å². The first-order chi connectivity index (χ1) is 12.6. The molecule has 1 fully saturated rings. The molecular weight excluding hydrogens is 354 g/mol. The summed E-state index contributed by atoms with van der Waals surface area (Å²) in [7, 11) is 0. The van der Waals surface area contributed by atoms with Crippen LogP contribution in [0.25, 0.3) is 5.76 Å². The zero-order valence-corrected chi connectivity index (χ0v) is 14.8. The van der Waals surface area contributed by atoms with E-state index in [1.165, 1.54) is 16.2 Å². The lowest BCUT2D eigenvalue weighted by Gasteiger charge is -2.23. The minimum atomic E-state index is -0.702. The number of thiophene rings is 1. The maximum atomic E-state index is 12.6. The number of ketones is 1. The second kappa shape index (κ2) is 8.27. The van der Waals surface area contributed by atoms with Gasteiger partial charge >= 0.3 is 0 Å². The van der Waals surface area contributed by atoms with Gasteiger partial charge in [-0.3, -0.25) is 9.59 Å². The SMILES string of the molecule is O=C1C(=O)N(CCOCCO)[C@H](c2cccs2)C1=C(O)c1ccccc1. The number of amides is 1. The molecule has 2 aromatic rings. The van der Waals surface area contributed by atoms with E-state index in [0.29, 0.717) is 5.56 Å². The summed E-state index contributed by atoms with van der Waals surface area (Å²) in [6.07, 6.45) is 0. The average Bonchev–Trinajstić information content (AvgIpc) is 3.27. The van der Waals surface area contributed by atoms with Crippen molar-refractivity contribution in [2.45, 2.75) is 6.04 Å². The fourth-order valence-electron chi connectivity index (χ4n) is 2.93. The number of likely N-dealkylation sites (tertiary alicyclic amines) is 1. The summed E-state index contributed by atoms with van der Waals surface area (Å²) in [5, 5.41) is 21.4. The van der Waals surface area contributed by atoms with Gasteiger partial charge < -0.3 is 19.8 Å². The number of benzene rings is 1. The molecule has 1 aromatic heterocycles. The molecule has 2 N–H and O–H groups in total. The summed E-state index contributed by atoms with van der Waals surface area (Å²) in [5.41, 5.74) is 0.578. The molecule has 26 heavy (non-hydrogen) atoms. The highest BCUT2D eigenvalue weighted by atomic mass is 32.1. The molecule has 3 rings (SSSR count). The first-order valence-electron chi connectivity index (χ1n) is 8.21. The van der Waals surface area contributed by atoms with Crippen molar-refractivity contribution in [1.82, 2.24) is 4.90 Å². The summed E-state index contributed by atoms with van der Waals surface area (Å²) in [5.74, 6) is -1.54. The number of rotatable bonds is 7. The van der Waals surface area contributed by atoms with Gasteiger partial charge in [-0.05, 0) is 11.4 Å². The monoisotopic (exact) mass is 373 g/mol. The minimum absolute atomic E-state index is 0.0887. The number of carbonyl (C=O) groups is 2. The number of aliphatic hydroxyl groups is 2.